The molecular formula is C29H29NO6. The Balaban J connectivity index is 1.68. The van der Waals surface area contributed by atoms with Crippen molar-refractivity contribution in [2.45, 2.75) is 19.4 Å². The van der Waals surface area contributed by atoms with E-state index >= 15 is 0 Å². The Morgan fingerprint density at radius 1 is 0.861 bits per heavy atom. The van der Waals surface area contributed by atoms with Crippen molar-refractivity contribution in [2.24, 2.45) is 0 Å². The van der Waals surface area contributed by atoms with Gasteiger partial charge in [-0.3, -0.25) is 4.79 Å². The molecule has 1 atom stereocenters. The molecule has 2 heterocycles. The van der Waals surface area contributed by atoms with Crippen LogP contribution >= 0.6 is 0 Å². The predicted molar refractivity (Wildman–Crippen MR) is 137 cm³/mol. The Bertz CT molecular complexity index is 1440. The van der Waals surface area contributed by atoms with E-state index in [-0.39, 0.29) is 5.91 Å². The fourth-order valence-corrected chi connectivity index (χ4v) is 5.06. The van der Waals surface area contributed by atoms with Crippen LogP contribution < -0.4 is 18.9 Å². The summed E-state index contributed by atoms with van der Waals surface area (Å²) in [5.74, 6) is 2.67. The van der Waals surface area contributed by atoms with Gasteiger partial charge in [-0.05, 0) is 60.4 Å². The van der Waals surface area contributed by atoms with E-state index in [1.807, 2.05) is 66.4 Å². The number of ether oxygens (including phenoxy) is 4. The van der Waals surface area contributed by atoms with Crippen molar-refractivity contribution in [1.29, 1.82) is 0 Å². The summed E-state index contributed by atoms with van der Waals surface area (Å²) in [6.45, 7) is 2.44. The van der Waals surface area contributed by atoms with Crippen LogP contribution in [0, 0.1) is 6.92 Å². The number of rotatable bonds is 6. The summed E-state index contributed by atoms with van der Waals surface area (Å²) in [6.07, 6.45) is 0.671. The lowest BCUT2D eigenvalue weighted by Crippen LogP contribution is -2.40. The molecule has 1 amide bonds. The molecule has 0 saturated carbocycles. The van der Waals surface area contributed by atoms with Gasteiger partial charge in [-0.15, -0.1) is 0 Å². The second-order valence-electron chi connectivity index (χ2n) is 8.72. The number of nitrogens with zero attached hydrogens (tertiary/aromatic N) is 1. The van der Waals surface area contributed by atoms with E-state index in [0.29, 0.717) is 47.3 Å². The standard InChI is InChI=1S/C29H29NO6/c1-17-20-8-6-7-9-22(20)36-28(17)29(31)30-13-12-18-14-25(34-4)26(35-5)16-21(18)27(30)19-10-11-23(32-2)24(15-19)33-3/h6-11,14-16,27H,12-13H2,1-5H3. The summed E-state index contributed by atoms with van der Waals surface area (Å²) < 4.78 is 28.3. The Hall–Kier alpha value is -4.13. The number of amides is 1. The number of hydrogen-bond acceptors (Lipinski definition) is 6. The number of carbonyl (C=O) groups excluding carboxylic acids is 1. The highest BCUT2D eigenvalue weighted by Gasteiger charge is 2.36. The zero-order valence-corrected chi connectivity index (χ0v) is 21.1. The number of furan rings is 1. The number of fused-ring (bicyclic) bond motifs is 2. The summed E-state index contributed by atoms with van der Waals surface area (Å²) in [5, 5.41) is 0.937. The zero-order valence-electron chi connectivity index (χ0n) is 21.1. The van der Waals surface area contributed by atoms with Crippen LogP contribution in [-0.2, 0) is 6.42 Å². The minimum atomic E-state index is -0.395. The van der Waals surface area contributed by atoms with Gasteiger partial charge in [0, 0.05) is 17.5 Å². The molecule has 0 aliphatic carbocycles. The molecule has 0 saturated heterocycles. The van der Waals surface area contributed by atoms with Crippen molar-refractivity contribution in [3.63, 3.8) is 0 Å². The van der Waals surface area contributed by atoms with Gasteiger partial charge in [-0.1, -0.05) is 24.3 Å². The molecule has 1 aromatic heterocycles. The van der Waals surface area contributed by atoms with Crippen molar-refractivity contribution >= 4 is 16.9 Å². The van der Waals surface area contributed by atoms with Gasteiger partial charge in [0.1, 0.15) is 5.58 Å². The van der Waals surface area contributed by atoms with Crippen molar-refractivity contribution in [1.82, 2.24) is 4.90 Å². The van der Waals surface area contributed by atoms with Gasteiger partial charge in [0.2, 0.25) is 0 Å². The van der Waals surface area contributed by atoms with E-state index in [9.17, 15) is 4.79 Å². The van der Waals surface area contributed by atoms with Gasteiger partial charge in [0.05, 0.1) is 34.5 Å². The molecule has 7 heteroatoms. The number of benzene rings is 3. The summed E-state index contributed by atoms with van der Waals surface area (Å²) in [7, 11) is 6.44. The Morgan fingerprint density at radius 2 is 1.53 bits per heavy atom. The van der Waals surface area contributed by atoms with E-state index in [0.717, 1.165) is 27.6 Å². The van der Waals surface area contributed by atoms with Crippen molar-refractivity contribution < 1.29 is 28.2 Å². The van der Waals surface area contributed by atoms with Gasteiger partial charge in [-0.25, -0.2) is 0 Å². The fraction of sp³-hybridized carbons (Fsp3) is 0.276. The molecule has 3 aromatic carbocycles. The van der Waals surface area contributed by atoms with E-state index in [2.05, 4.69) is 0 Å². The molecule has 4 aromatic rings. The van der Waals surface area contributed by atoms with Crippen molar-refractivity contribution in [2.75, 3.05) is 35.0 Å². The summed E-state index contributed by atoms with van der Waals surface area (Å²) in [6, 6.07) is 17.0. The molecule has 0 bridgehead atoms. The Kier molecular flexibility index (Phi) is 6.22. The smallest absolute Gasteiger partial charge is 0.290 e. The Morgan fingerprint density at radius 3 is 2.22 bits per heavy atom. The van der Waals surface area contributed by atoms with Crippen LogP contribution in [0.5, 0.6) is 23.0 Å². The van der Waals surface area contributed by atoms with Crippen LogP contribution in [0.25, 0.3) is 11.0 Å². The number of aryl methyl sites for hydroxylation is 1. The van der Waals surface area contributed by atoms with E-state index in [4.69, 9.17) is 23.4 Å². The maximum atomic E-state index is 14.1. The quantitative estimate of drug-likeness (QED) is 0.355. The second-order valence-corrected chi connectivity index (χ2v) is 8.72. The van der Waals surface area contributed by atoms with Crippen LogP contribution in [0.15, 0.2) is 59.0 Å². The molecule has 1 aliphatic heterocycles. The number of carbonyl (C=O) groups is 1. The normalized spacial score (nSPS) is 14.9. The van der Waals surface area contributed by atoms with Gasteiger partial charge < -0.3 is 28.3 Å². The molecule has 0 fully saturated rings. The largest absolute Gasteiger partial charge is 0.493 e. The molecule has 7 nitrogen and oxygen atoms in total. The second kappa shape index (κ2) is 9.49. The van der Waals surface area contributed by atoms with Crippen LogP contribution in [-0.4, -0.2) is 45.8 Å². The number of methoxy groups -OCH3 is 4. The predicted octanol–water partition coefficient (Wildman–Crippen LogP) is 5.56. The lowest BCUT2D eigenvalue weighted by molar-refractivity contribution is 0.0662. The average molecular weight is 488 g/mol. The molecule has 36 heavy (non-hydrogen) atoms. The number of para-hydroxylation sites is 1. The summed E-state index contributed by atoms with van der Waals surface area (Å²) >= 11 is 0. The molecule has 186 valence electrons. The topological polar surface area (TPSA) is 70.4 Å². The van der Waals surface area contributed by atoms with E-state index < -0.39 is 6.04 Å². The molecule has 1 unspecified atom stereocenters. The van der Waals surface area contributed by atoms with Gasteiger partial charge in [0.25, 0.3) is 5.91 Å². The highest BCUT2D eigenvalue weighted by Crippen LogP contribution is 2.43. The fourth-order valence-electron chi connectivity index (χ4n) is 5.06. The molecular weight excluding hydrogens is 458 g/mol. The maximum Gasteiger partial charge on any atom is 0.290 e. The minimum Gasteiger partial charge on any atom is -0.493 e. The molecule has 5 rings (SSSR count). The minimum absolute atomic E-state index is 0.163. The first-order valence-electron chi connectivity index (χ1n) is 11.8. The third-order valence-electron chi connectivity index (χ3n) is 6.90. The monoisotopic (exact) mass is 487 g/mol. The molecule has 0 radical (unpaired) electrons. The highest BCUT2D eigenvalue weighted by atomic mass is 16.5. The first-order chi connectivity index (χ1) is 17.5. The Labute approximate surface area is 210 Å². The summed E-state index contributed by atoms with van der Waals surface area (Å²) in [5.41, 5.74) is 4.48. The van der Waals surface area contributed by atoms with Gasteiger partial charge in [0.15, 0.2) is 28.8 Å². The maximum absolute atomic E-state index is 14.1. The van der Waals surface area contributed by atoms with Crippen LogP contribution in [0.4, 0.5) is 0 Å². The third-order valence-corrected chi connectivity index (χ3v) is 6.90. The van der Waals surface area contributed by atoms with Gasteiger partial charge >= 0.3 is 0 Å². The lowest BCUT2D eigenvalue weighted by Gasteiger charge is -2.38. The van der Waals surface area contributed by atoms with Crippen molar-refractivity contribution in [3.05, 3.63) is 82.6 Å². The first-order valence-corrected chi connectivity index (χ1v) is 11.8. The molecule has 1 aliphatic rings. The van der Waals surface area contributed by atoms with E-state index in [1.165, 1.54) is 0 Å². The molecule has 0 N–H and O–H groups in total. The SMILES string of the molecule is COc1ccc(C2c3cc(OC)c(OC)cc3CCN2C(=O)c2oc3ccccc3c2C)cc1OC. The molecule has 0 spiro atoms. The van der Waals surface area contributed by atoms with Crippen LogP contribution in [0.1, 0.15) is 38.9 Å². The van der Waals surface area contributed by atoms with E-state index in [1.54, 1.807) is 28.4 Å². The number of hydrogen-bond donors (Lipinski definition) is 0. The average Bonchev–Trinajstić information content (AvgIpc) is 3.27. The van der Waals surface area contributed by atoms with Crippen molar-refractivity contribution in [3.8, 4) is 23.0 Å². The van der Waals surface area contributed by atoms with Crippen LogP contribution in [0.3, 0.4) is 0 Å². The highest BCUT2D eigenvalue weighted by molar-refractivity contribution is 5.99. The van der Waals surface area contributed by atoms with Gasteiger partial charge in [-0.2, -0.15) is 0 Å². The zero-order chi connectivity index (χ0) is 25.4. The van der Waals surface area contributed by atoms with Crippen LogP contribution in [0.2, 0.25) is 0 Å². The first kappa shape index (κ1) is 23.6. The lowest BCUT2D eigenvalue weighted by atomic mass is 9.87. The summed E-state index contributed by atoms with van der Waals surface area (Å²) in [4.78, 5) is 15.9. The third kappa shape index (κ3) is 3.81.